The van der Waals surface area contributed by atoms with E-state index in [1.807, 2.05) is 0 Å². The fourth-order valence-corrected chi connectivity index (χ4v) is 2.44. The first-order valence-corrected chi connectivity index (χ1v) is 6.32. The van der Waals surface area contributed by atoms with Crippen molar-refractivity contribution in [1.29, 1.82) is 0 Å². The Morgan fingerprint density at radius 2 is 1.75 bits per heavy atom. The van der Waals surface area contributed by atoms with E-state index < -0.39 is 37.0 Å². The SMILES string of the molecule is Oc1ccccc1[C@@H]1OC[C@H]2OC(O)[C@H](O)[C@@H](O)[C@@H]2O1. The van der Waals surface area contributed by atoms with E-state index in [4.69, 9.17) is 14.2 Å². The van der Waals surface area contributed by atoms with Gasteiger partial charge in [0.15, 0.2) is 12.6 Å². The van der Waals surface area contributed by atoms with Gasteiger partial charge in [0.1, 0.15) is 30.2 Å². The van der Waals surface area contributed by atoms with Gasteiger partial charge in [-0.2, -0.15) is 0 Å². The van der Waals surface area contributed by atoms with E-state index in [0.29, 0.717) is 5.56 Å². The van der Waals surface area contributed by atoms with Crippen LogP contribution in [-0.2, 0) is 14.2 Å². The lowest BCUT2D eigenvalue weighted by atomic mass is 9.98. The van der Waals surface area contributed by atoms with Gasteiger partial charge < -0.3 is 34.6 Å². The van der Waals surface area contributed by atoms with E-state index >= 15 is 0 Å². The van der Waals surface area contributed by atoms with Crippen LogP contribution in [0.1, 0.15) is 11.9 Å². The normalized spacial score (nSPS) is 41.1. The molecule has 0 bridgehead atoms. The Kier molecular flexibility index (Phi) is 3.63. The molecule has 20 heavy (non-hydrogen) atoms. The summed E-state index contributed by atoms with van der Waals surface area (Å²) in [4.78, 5) is 0. The smallest absolute Gasteiger partial charge is 0.188 e. The van der Waals surface area contributed by atoms with Gasteiger partial charge in [0.25, 0.3) is 0 Å². The molecule has 110 valence electrons. The number of ether oxygens (including phenoxy) is 3. The van der Waals surface area contributed by atoms with Gasteiger partial charge in [-0.1, -0.05) is 18.2 Å². The van der Waals surface area contributed by atoms with Crippen molar-refractivity contribution in [3.8, 4) is 5.75 Å². The molecule has 0 saturated carbocycles. The third-order valence-corrected chi connectivity index (χ3v) is 3.54. The Morgan fingerprint density at radius 1 is 1.00 bits per heavy atom. The minimum absolute atomic E-state index is 0.0164. The summed E-state index contributed by atoms with van der Waals surface area (Å²) in [5.74, 6) is 0.0164. The molecule has 0 radical (unpaired) electrons. The average Bonchev–Trinajstić information content (AvgIpc) is 2.45. The number of hydrogen-bond acceptors (Lipinski definition) is 7. The highest BCUT2D eigenvalue weighted by Crippen LogP contribution is 2.36. The van der Waals surface area contributed by atoms with Gasteiger partial charge in [0.2, 0.25) is 0 Å². The molecule has 2 aliphatic rings. The molecule has 1 aromatic rings. The molecule has 0 aromatic heterocycles. The summed E-state index contributed by atoms with van der Waals surface area (Å²) < 4.78 is 16.1. The molecule has 7 nitrogen and oxygen atoms in total. The summed E-state index contributed by atoms with van der Waals surface area (Å²) in [6, 6.07) is 6.53. The molecule has 1 unspecified atom stereocenters. The molecule has 0 aliphatic carbocycles. The van der Waals surface area contributed by atoms with Crippen LogP contribution in [0.25, 0.3) is 0 Å². The van der Waals surface area contributed by atoms with Gasteiger partial charge in [-0.3, -0.25) is 0 Å². The van der Waals surface area contributed by atoms with Crippen LogP contribution in [0.3, 0.4) is 0 Å². The van der Waals surface area contributed by atoms with E-state index in [-0.39, 0.29) is 12.4 Å². The summed E-state index contributed by atoms with van der Waals surface area (Å²) in [6.07, 6.45) is -6.59. The highest BCUT2D eigenvalue weighted by molar-refractivity contribution is 5.33. The number of hydrogen-bond donors (Lipinski definition) is 4. The summed E-state index contributed by atoms with van der Waals surface area (Å²) >= 11 is 0. The Hall–Kier alpha value is -1.22. The highest BCUT2D eigenvalue weighted by atomic mass is 16.7. The van der Waals surface area contributed by atoms with Gasteiger partial charge in [-0.05, 0) is 6.07 Å². The van der Waals surface area contributed by atoms with Crippen LogP contribution in [0.15, 0.2) is 24.3 Å². The fourth-order valence-electron chi connectivity index (χ4n) is 2.44. The molecular formula is C13H16O7. The number of aromatic hydroxyl groups is 1. The second-order valence-electron chi connectivity index (χ2n) is 4.87. The third kappa shape index (κ3) is 2.28. The van der Waals surface area contributed by atoms with Crippen molar-refractivity contribution in [3.05, 3.63) is 29.8 Å². The first kappa shape index (κ1) is 13.7. The zero-order chi connectivity index (χ0) is 14.3. The molecule has 6 atom stereocenters. The van der Waals surface area contributed by atoms with E-state index in [9.17, 15) is 20.4 Å². The Balaban J connectivity index is 1.79. The second-order valence-corrected chi connectivity index (χ2v) is 4.87. The Morgan fingerprint density at radius 3 is 2.50 bits per heavy atom. The Labute approximate surface area is 114 Å². The lowest BCUT2D eigenvalue weighted by Gasteiger charge is -2.45. The van der Waals surface area contributed by atoms with Crippen LogP contribution in [0.2, 0.25) is 0 Å². The van der Waals surface area contributed by atoms with Crippen LogP contribution in [0, 0.1) is 0 Å². The standard InChI is InChI=1S/C13H16O7/c14-7-4-2-1-3-6(7)13-18-5-8-11(20-13)9(15)10(16)12(17)19-8/h1-4,8-17H,5H2/t8-,9-,10-,11-,12?,13-/m1/s1. The first-order valence-electron chi connectivity index (χ1n) is 6.32. The van der Waals surface area contributed by atoms with E-state index in [0.717, 1.165) is 0 Å². The zero-order valence-corrected chi connectivity index (χ0v) is 10.5. The first-order chi connectivity index (χ1) is 9.58. The largest absolute Gasteiger partial charge is 0.507 e. The molecule has 2 fully saturated rings. The van der Waals surface area contributed by atoms with Crippen LogP contribution in [0.5, 0.6) is 5.75 Å². The van der Waals surface area contributed by atoms with Crippen LogP contribution in [0.4, 0.5) is 0 Å². The van der Waals surface area contributed by atoms with E-state index in [1.165, 1.54) is 6.07 Å². The number of aliphatic hydroxyl groups excluding tert-OH is 3. The van der Waals surface area contributed by atoms with Crippen molar-refractivity contribution in [3.63, 3.8) is 0 Å². The molecule has 0 spiro atoms. The predicted molar refractivity (Wildman–Crippen MR) is 64.6 cm³/mol. The van der Waals surface area contributed by atoms with Crippen LogP contribution in [-0.4, -0.2) is 57.7 Å². The molecule has 7 heteroatoms. The second kappa shape index (κ2) is 5.28. The monoisotopic (exact) mass is 284 g/mol. The summed E-state index contributed by atoms with van der Waals surface area (Å²) in [5.41, 5.74) is 0.429. The maximum Gasteiger partial charge on any atom is 0.188 e. The van der Waals surface area contributed by atoms with Crippen molar-refractivity contribution in [2.75, 3.05) is 6.61 Å². The maximum atomic E-state index is 9.94. The lowest BCUT2D eigenvalue weighted by molar-refractivity contribution is -0.354. The third-order valence-electron chi connectivity index (χ3n) is 3.54. The number of fused-ring (bicyclic) bond motifs is 1. The molecule has 2 saturated heterocycles. The van der Waals surface area contributed by atoms with E-state index in [1.54, 1.807) is 18.2 Å². The number of phenols is 1. The minimum atomic E-state index is -1.47. The number of para-hydroxylation sites is 1. The highest BCUT2D eigenvalue weighted by Gasteiger charge is 2.48. The topological polar surface area (TPSA) is 109 Å². The van der Waals surface area contributed by atoms with Crippen molar-refractivity contribution in [2.45, 2.75) is 37.0 Å². The number of benzene rings is 1. The number of rotatable bonds is 1. The molecule has 2 heterocycles. The van der Waals surface area contributed by atoms with E-state index in [2.05, 4.69) is 0 Å². The molecular weight excluding hydrogens is 268 g/mol. The van der Waals surface area contributed by atoms with Crippen molar-refractivity contribution >= 4 is 0 Å². The van der Waals surface area contributed by atoms with Gasteiger partial charge in [-0.25, -0.2) is 0 Å². The predicted octanol–water partition coefficient (Wildman–Crippen LogP) is -0.755. The van der Waals surface area contributed by atoms with Gasteiger partial charge in [0, 0.05) is 5.56 Å². The quantitative estimate of drug-likeness (QED) is 0.537. The summed E-state index contributed by atoms with van der Waals surface area (Å²) in [7, 11) is 0. The van der Waals surface area contributed by atoms with Crippen molar-refractivity contribution < 1.29 is 34.6 Å². The fraction of sp³-hybridized carbons (Fsp3) is 0.538. The van der Waals surface area contributed by atoms with Crippen LogP contribution >= 0.6 is 0 Å². The summed E-state index contributed by atoms with van der Waals surface area (Å²) in [5, 5.41) is 38.8. The minimum Gasteiger partial charge on any atom is -0.507 e. The van der Waals surface area contributed by atoms with Crippen molar-refractivity contribution in [1.82, 2.24) is 0 Å². The average molecular weight is 284 g/mol. The molecule has 2 aliphatic heterocycles. The molecule has 1 aromatic carbocycles. The summed E-state index contributed by atoms with van der Waals surface area (Å²) in [6.45, 7) is 0.0739. The lowest BCUT2D eigenvalue weighted by Crippen LogP contribution is -2.61. The number of aliphatic hydroxyl groups is 3. The van der Waals surface area contributed by atoms with Gasteiger partial charge in [0.05, 0.1) is 6.61 Å². The van der Waals surface area contributed by atoms with Gasteiger partial charge >= 0.3 is 0 Å². The Bertz CT molecular complexity index is 478. The molecule has 0 amide bonds. The van der Waals surface area contributed by atoms with Crippen LogP contribution < -0.4 is 0 Å². The molecule has 3 rings (SSSR count). The van der Waals surface area contributed by atoms with Crippen molar-refractivity contribution in [2.24, 2.45) is 0 Å². The number of phenolic OH excluding ortho intramolecular Hbond substituents is 1. The van der Waals surface area contributed by atoms with Gasteiger partial charge in [-0.15, -0.1) is 0 Å². The molecule has 4 N–H and O–H groups in total. The maximum absolute atomic E-state index is 9.94. The zero-order valence-electron chi connectivity index (χ0n) is 10.5.